The highest BCUT2D eigenvalue weighted by Crippen LogP contribution is 2.44. The fourth-order valence-corrected chi connectivity index (χ4v) is 5.55. The summed E-state index contributed by atoms with van der Waals surface area (Å²) in [7, 11) is 3.29. The van der Waals surface area contributed by atoms with Crippen LogP contribution in [0.15, 0.2) is 54.6 Å². The summed E-state index contributed by atoms with van der Waals surface area (Å²) in [6.07, 6.45) is -1.29. The van der Waals surface area contributed by atoms with Gasteiger partial charge < -0.3 is 30.1 Å². The number of amides is 2. The molecule has 7 nitrogen and oxygen atoms in total. The van der Waals surface area contributed by atoms with Crippen molar-refractivity contribution in [3.63, 3.8) is 0 Å². The number of alkyl halides is 3. The lowest BCUT2D eigenvalue weighted by Crippen LogP contribution is -2.54. The number of ether oxygens (including phenoxy) is 2. The third kappa shape index (κ3) is 9.34. The number of carbonyl (C=O) groups excluding carboxylic acids is 1. The van der Waals surface area contributed by atoms with Crippen molar-refractivity contribution in [1.29, 1.82) is 0 Å². The van der Waals surface area contributed by atoms with E-state index in [0.29, 0.717) is 55.9 Å². The van der Waals surface area contributed by atoms with Gasteiger partial charge in [-0.05, 0) is 63.8 Å². The van der Waals surface area contributed by atoms with Gasteiger partial charge in [-0.15, -0.1) is 0 Å². The van der Waals surface area contributed by atoms with Crippen LogP contribution in [0.3, 0.4) is 0 Å². The lowest BCUT2D eigenvalue weighted by atomic mass is 9.73. The molecular weight excluding hydrogens is 535 g/mol. The van der Waals surface area contributed by atoms with Crippen molar-refractivity contribution in [2.75, 3.05) is 40.4 Å². The van der Waals surface area contributed by atoms with Crippen molar-refractivity contribution in [3.8, 4) is 11.5 Å². The number of rotatable bonds is 14. The van der Waals surface area contributed by atoms with Crippen molar-refractivity contribution in [3.05, 3.63) is 60.2 Å². The van der Waals surface area contributed by atoms with Crippen molar-refractivity contribution in [1.82, 2.24) is 15.5 Å². The molecule has 2 aromatic rings. The number of para-hydroxylation sites is 2. The maximum atomic E-state index is 13.3. The topological polar surface area (TPSA) is 83.1 Å². The second-order valence-electron chi connectivity index (χ2n) is 11.0. The number of unbranched alkanes of at least 4 members (excludes halogenated alkanes) is 1. The van der Waals surface area contributed by atoms with Gasteiger partial charge >= 0.3 is 12.2 Å². The Kier molecular flexibility index (Phi) is 12.3. The Morgan fingerprint density at radius 2 is 1.83 bits per heavy atom. The highest BCUT2D eigenvalue weighted by molar-refractivity contribution is 5.74. The summed E-state index contributed by atoms with van der Waals surface area (Å²) < 4.78 is 51.1. The Balaban J connectivity index is 1.83. The molecule has 10 heteroatoms. The Morgan fingerprint density at radius 1 is 1.12 bits per heavy atom. The molecule has 1 fully saturated rings. The fourth-order valence-electron chi connectivity index (χ4n) is 5.55. The molecule has 228 valence electrons. The van der Waals surface area contributed by atoms with Gasteiger partial charge in [0.25, 0.3) is 0 Å². The zero-order chi connectivity index (χ0) is 29.9. The minimum atomic E-state index is -4.33. The normalized spacial score (nSPS) is 18.8. The van der Waals surface area contributed by atoms with Gasteiger partial charge in [0.05, 0.1) is 11.5 Å². The maximum Gasteiger partial charge on any atom is 0.391 e. The molecule has 0 aromatic heterocycles. The lowest BCUT2D eigenvalue weighted by Gasteiger charge is -2.43. The molecule has 3 N–H and O–H groups in total. The van der Waals surface area contributed by atoms with Crippen LogP contribution in [0.25, 0.3) is 0 Å². The molecule has 1 saturated heterocycles. The molecule has 4 unspecified atom stereocenters. The van der Waals surface area contributed by atoms with Gasteiger partial charge in [-0.1, -0.05) is 43.3 Å². The van der Waals surface area contributed by atoms with E-state index in [0.717, 1.165) is 13.3 Å². The standard InChI is InChI=1S/C31H44F3N3O4/c1-23(31(32,33)34)20-25(21-35-2)36-29(38)37-18-11-12-24(22-37)30(39,17-9-10-19-40-3)27-15-7-8-16-28(27)41-26-13-5-4-6-14-26/h4-8,13-16,23-25,35,39H,9-12,17-22H2,1-3H3,(H,36,38). The Hall–Kier alpha value is -2.82. The number of nitrogens with zero attached hydrogens (tertiary/aromatic N) is 1. The van der Waals surface area contributed by atoms with Crippen LogP contribution in [-0.2, 0) is 10.3 Å². The summed E-state index contributed by atoms with van der Waals surface area (Å²) in [5.41, 5.74) is -0.645. The summed E-state index contributed by atoms with van der Waals surface area (Å²) in [6, 6.07) is 15.7. The van der Waals surface area contributed by atoms with E-state index in [4.69, 9.17) is 9.47 Å². The number of benzene rings is 2. The van der Waals surface area contributed by atoms with Crippen molar-refractivity contribution in [2.45, 2.75) is 63.3 Å². The number of carbonyl (C=O) groups is 1. The molecule has 1 aliphatic rings. The number of aliphatic hydroxyl groups is 1. The van der Waals surface area contributed by atoms with Gasteiger partial charge in [-0.25, -0.2) is 4.79 Å². The van der Waals surface area contributed by atoms with Crippen LogP contribution >= 0.6 is 0 Å². The van der Waals surface area contributed by atoms with Gasteiger partial charge in [0.15, 0.2) is 0 Å². The number of likely N-dealkylation sites (tertiary alicyclic amines) is 1. The number of likely N-dealkylation sites (N-methyl/N-ethyl adjacent to an activating group) is 1. The van der Waals surface area contributed by atoms with Gasteiger partial charge in [-0.2, -0.15) is 13.2 Å². The average Bonchev–Trinajstić information content (AvgIpc) is 2.95. The summed E-state index contributed by atoms with van der Waals surface area (Å²) in [5, 5.41) is 18.1. The first-order valence-corrected chi connectivity index (χ1v) is 14.4. The van der Waals surface area contributed by atoms with Crippen molar-refractivity contribution >= 4 is 6.03 Å². The minimum absolute atomic E-state index is 0.219. The molecule has 1 aliphatic heterocycles. The summed E-state index contributed by atoms with van der Waals surface area (Å²) in [4.78, 5) is 14.9. The van der Waals surface area contributed by atoms with Crippen LogP contribution < -0.4 is 15.4 Å². The van der Waals surface area contributed by atoms with E-state index >= 15 is 0 Å². The molecule has 0 bridgehead atoms. The molecule has 4 atom stereocenters. The molecule has 0 aliphatic carbocycles. The highest BCUT2D eigenvalue weighted by Gasteiger charge is 2.43. The first kappa shape index (κ1) is 32.7. The van der Waals surface area contributed by atoms with Gasteiger partial charge in [0.1, 0.15) is 11.5 Å². The second kappa shape index (κ2) is 15.4. The van der Waals surface area contributed by atoms with Gasteiger partial charge in [0.2, 0.25) is 0 Å². The molecule has 1 heterocycles. The monoisotopic (exact) mass is 579 g/mol. The summed E-state index contributed by atoms with van der Waals surface area (Å²) in [5.74, 6) is -0.657. The fraction of sp³-hybridized carbons (Fsp3) is 0.581. The average molecular weight is 580 g/mol. The molecule has 0 saturated carbocycles. The van der Waals surface area contributed by atoms with E-state index in [9.17, 15) is 23.1 Å². The summed E-state index contributed by atoms with van der Waals surface area (Å²) in [6.45, 7) is 2.65. The van der Waals surface area contributed by atoms with E-state index in [1.54, 1.807) is 19.1 Å². The third-order valence-corrected chi connectivity index (χ3v) is 7.84. The first-order valence-electron chi connectivity index (χ1n) is 14.4. The minimum Gasteiger partial charge on any atom is -0.457 e. The van der Waals surface area contributed by atoms with Crippen LogP contribution in [0, 0.1) is 11.8 Å². The van der Waals surface area contributed by atoms with E-state index in [2.05, 4.69) is 10.6 Å². The number of hydrogen-bond acceptors (Lipinski definition) is 5. The zero-order valence-electron chi connectivity index (χ0n) is 24.3. The number of halogens is 3. The zero-order valence-corrected chi connectivity index (χ0v) is 24.3. The molecular formula is C31H44F3N3O4. The quantitative estimate of drug-likeness (QED) is 0.236. The van der Waals surface area contributed by atoms with Crippen molar-refractivity contribution in [2.24, 2.45) is 11.8 Å². The highest BCUT2D eigenvalue weighted by atomic mass is 19.4. The molecule has 0 spiro atoms. The Labute approximate surface area is 241 Å². The molecule has 2 amide bonds. The van der Waals surface area contributed by atoms with Gasteiger partial charge in [-0.3, -0.25) is 0 Å². The summed E-state index contributed by atoms with van der Waals surface area (Å²) >= 11 is 0. The Bertz CT molecular complexity index is 1070. The van der Waals surface area contributed by atoms with Crippen LogP contribution in [0.4, 0.5) is 18.0 Å². The smallest absolute Gasteiger partial charge is 0.391 e. The SMILES string of the molecule is CNCC(CC(C)C(F)(F)F)NC(=O)N1CCCC(C(O)(CCCCOC)c2ccccc2Oc2ccccc2)C1. The number of methoxy groups -OCH3 is 1. The predicted molar refractivity (Wildman–Crippen MR) is 153 cm³/mol. The Morgan fingerprint density at radius 3 is 2.51 bits per heavy atom. The number of nitrogens with one attached hydrogen (secondary N) is 2. The first-order chi connectivity index (χ1) is 19.6. The second-order valence-corrected chi connectivity index (χ2v) is 11.0. The molecule has 0 radical (unpaired) electrons. The lowest BCUT2D eigenvalue weighted by molar-refractivity contribution is -0.172. The van der Waals surface area contributed by atoms with Crippen LogP contribution in [0.5, 0.6) is 11.5 Å². The van der Waals surface area contributed by atoms with Crippen molar-refractivity contribution < 1.29 is 32.5 Å². The number of urea groups is 1. The van der Waals surface area contributed by atoms with E-state index in [1.807, 2.05) is 54.6 Å². The van der Waals surface area contributed by atoms with E-state index in [1.165, 1.54) is 0 Å². The molecule has 2 aromatic carbocycles. The number of piperidine rings is 1. The maximum absolute atomic E-state index is 13.3. The molecule has 41 heavy (non-hydrogen) atoms. The molecule has 3 rings (SSSR count). The predicted octanol–water partition coefficient (Wildman–Crippen LogP) is 6.08. The third-order valence-electron chi connectivity index (χ3n) is 7.84. The van der Waals surface area contributed by atoms with E-state index in [-0.39, 0.29) is 25.4 Å². The van der Waals surface area contributed by atoms with Crippen LogP contribution in [0.2, 0.25) is 0 Å². The van der Waals surface area contributed by atoms with E-state index < -0.39 is 29.8 Å². The largest absolute Gasteiger partial charge is 0.457 e. The van der Waals surface area contributed by atoms with Gasteiger partial charge in [0, 0.05) is 50.9 Å². The number of hydrogen-bond donors (Lipinski definition) is 3. The van der Waals surface area contributed by atoms with Crippen LogP contribution in [-0.4, -0.2) is 68.7 Å². The van der Waals surface area contributed by atoms with Crippen LogP contribution in [0.1, 0.15) is 51.0 Å².